The summed E-state index contributed by atoms with van der Waals surface area (Å²) >= 11 is 5.92. The number of allylic oxidation sites excluding steroid dienone is 1. The van der Waals surface area contributed by atoms with Gasteiger partial charge in [-0.15, -0.1) is 0 Å². The lowest BCUT2D eigenvalue weighted by molar-refractivity contribution is -0.110. The predicted molar refractivity (Wildman–Crippen MR) is 124 cm³/mol. The van der Waals surface area contributed by atoms with Crippen LogP contribution in [0.2, 0.25) is 5.02 Å². The van der Waals surface area contributed by atoms with Crippen LogP contribution in [-0.4, -0.2) is 5.91 Å². The Hall–Kier alpha value is -3.28. The summed E-state index contributed by atoms with van der Waals surface area (Å²) in [6.07, 6.45) is 0. The molecule has 5 nitrogen and oxygen atoms in total. The minimum absolute atomic E-state index is 0.122. The fourth-order valence-corrected chi connectivity index (χ4v) is 3.62. The maximum absolute atomic E-state index is 12.4. The number of benzene rings is 3. The molecule has 1 aliphatic heterocycles. The molecule has 0 spiro atoms. The summed E-state index contributed by atoms with van der Waals surface area (Å²) in [6.45, 7) is 3.44. The third-order valence-corrected chi connectivity index (χ3v) is 5.27. The molecule has 1 aliphatic rings. The molecule has 3 aromatic rings. The van der Waals surface area contributed by atoms with Crippen molar-refractivity contribution < 1.29 is 4.79 Å². The van der Waals surface area contributed by atoms with Gasteiger partial charge in [0, 0.05) is 46.4 Å². The molecule has 152 valence electrons. The highest BCUT2D eigenvalue weighted by molar-refractivity contribution is 6.32. The summed E-state index contributed by atoms with van der Waals surface area (Å²) in [4.78, 5) is 12.4. The van der Waals surface area contributed by atoms with E-state index in [0.717, 1.165) is 40.7 Å². The zero-order chi connectivity index (χ0) is 21.1. The van der Waals surface area contributed by atoms with Crippen molar-refractivity contribution in [3.8, 4) is 0 Å². The van der Waals surface area contributed by atoms with E-state index < -0.39 is 0 Å². The normalized spacial score (nSPS) is 14.3. The van der Waals surface area contributed by atoms with Crippen molar-refractivity contribution in [1.82, 2.24) is 5.32 Å². The van der Waals surface area contributed by atoms with Crippen molar-refractivity contribution in [3.05, 3.63) is 94.1 Å². The lowest BCUT2D eigenvalue weighted by Gasteiger charge is -2.11. The smallest absolute Gasteiger partial charge is 0.258 e. The Morgan fingerprint density at radius 1 is 0.967 bits per heavy atom. The van der Waals surface area contributed by atoms with Gasteiger partial charge in [0.1, 0.15) is 0 Å². The number of nitrogen functional groups attached to an aromatic ring is 1. The average molecular weight is 419 g/mol. The quantitative estimate of drug-likeness (QED) is 0.335. The molecule has 0 aliphatic carbocycles. The first kappa shape index (κ1) is 20.0. The lowest BCUT2D eigenvalue weighted by Crippen LogP contribution is -2.12. The van der Waals surface area contributed by atoms with E-state index in [1.165, 1.54) is 11.1 Å². The molecular weight excluding hydrogens is 396 g/mol. The highest BCUT2D eigenvalue weighted by Gasteiger charge is 2.26. The Bertz CT molecular complexity index is 1110. The Morgan fingerprint density at radius 2 is 1.60 bits per heavy atom. The standard InChI is InChI=1S/C24H23ClN4O/c1-15(23-21-12-19(26)8-11-22(21)29-24(23)30)28-20-9-4-17(5-10-20)14-27-13-16-2-6-18(25)7-3-16/h2-12,27-28H,13-14,26H2,1H3,(H,29,30)/b23-15-. The molecule has 0 atom stereocenters. The van der Waals surface area contributed by atoms with E-state index >= 15 is 0 Å². The number of nitrogens with two attached hydrogens (primary N) is 1. The first-order valence-corrected chi connectivity index (χ1v) is 10.1. The van der Waals surface area contributed by atoms with Gasteiger partial charge in [0.15, 0.2) is 0 Å². The third-order valence-electron chi connectivity index (χ3n) is 5.02. The molecule has 1 amide bonds. The number of carbonyl (C=O) groups excluding carboxylic acids is 1. The monoisotopic (exact) mass is 418 g/mol. The van der Waals surface area contributed by atoms with Gasteiger partial charge in [-0.2, -0.15) is 0 Å². The number of rotatable bonds is 6. The SMILES string of the molecule is C/C(Nc1ccc(CNCc2ccc(Cl)cc2)cc1)=C1/C(=O)Nc2ccc(N)cc21. The summed E-state index contributed by atoms with van der Waals surface area (Å²) in [6, 6.07) is 21.4. The second-order valence-corrected chi connectivity index (χ2v) is 7.75. The summed E-state index contributed by atoms with van der Waals surface area (Å²) < 4.78 is 0. The number of amides is 1. The summed E-state index contributed by atoms with van der Waals surface area (Å²) in [5, 5.41) is 10.4. The van der Waals surface area contributed by atoms with E-state index in [1.54, 1.807) is 6.07 Å². The first-order valence-electron chi connectivity index (χ1n) is 9.73. The highest BCUT2D eigenvalue weighted by Crippen LogP contribution is 2.35. The van der Waals surface area contributed by atoms with Crippen LogP contribution in [0.4, 0.5) is 17.1 Å². The van der Waals surface area contributed by atoms with Crippen LogP contribution in [0.5, 0.6) is 0 Å². The second kappa shape index (κ2) is 8.61. The average Bonchev–Trinajstić information content (AvgIpc) is 3.06. The molecule has 0 fully saturated rings. The third kappa shape index (κ3) is 4.48. The largest absolute Gasteiger partial charge is 0.399 e. The molecule has 30 heavy (non-hydrogen) atoms. The van der Waals surface area contributed by atoms with Crippen molar-refractivity contribution in [2.45, 2.75) is 20.0 Å². The Balaban J connectivity index is 1.40. The number of hydrogen-bond acceptors (Lipinski definition) is 4. The second-order valence-electron chi connectivity index (χ2n) is 7.31. The van der Waals surface area contributed by atoms with Crippen LogP contribution >= 0.6 is 11.6 Å². The molecule has 0 aromatic heterocycles. The number of fused-ring (bicyclic) bond motifs is 1. The summed E-state index contributed by atoms with van der Waals surface area (Å²) in [7, 11) is 0. The van der Waals surface area contributed by atoms with Crippen LogP contribution in [0.15, 0.2) is 72.4 Å². The Morgan fingerprint density at radius 3 is 2.27 bits per heavy atom. The number of nitrogens with one attached hydrogen (secondary N) is 3. The highest BCUT2D eigenvalue weighted by atomic mass is 35.5. The Kier molecular flexibility index (Phi) is 5.74. The molecular formula is C24H23ClN4O. The van der Waals surface area contributed by atoms with Gasteiger partial charge in [-0.1, -0.05) is 35.9 Å². The van der Waals surface area contributed by atoms with Crippen LogP contribution in [0.25, 0.3) is 5.57 Å². The van der Waals surface area contributed by atoms with E-state index in [9.17, 15) is 4.79 Å². The van der Waals surface area contributed by atoms with Crippen molar-refractivity contribution in [2.75, 3.05) is 16.4 Å². The van der Waals surface area contributed by atoms with Gasteiger partial charge < -0.3 is 21.7 Å². The van der Waals surface area contributed by atoms with E-state index in [1.807, 2.05) is 55.5 Å². The van der Waals surface area contributed by atoms with Gasteiger partial charge in [-0.3, -0.25) is 4.79 Å². The number of hydrogen-bond donors (Lipinski definition) is 4. The van der Waals surface area contributed by atoms with E-state index in [0.29, 0.717) is 11.3 Å². The Labute approximate surface area is 180 Å². The summed E-state index contributed by atoms with van der Waals surface area (Å²) in [5.41, 5.74) is 12.8. The van der Waals surface area contributed by atoms with Crippen LogP contribution in [-0.2, 0) is 17.9 Å². The number of anilines is 3. The molecule has 0 saturated carbocycles. The van der Waals surface area contributed by atoms with Gasteiger partial charge in [0.25, 0.3) is 5.91 Å². The fraction of sp³-hybridized carbons (Fsp3) is 0.125. The maximum atomic E-state index is 12.4. The zero-order valence-corrected chi connectivity index (χ0v) is 17.4. The zero-order valence-electron chi connectivity index (χ0n) is 16.6. The van der Waals surface area contributed by atoms with Gasteiger partial charge in [-0.25, -0.2) is 0 Å². The van der Waals surface area contributed by atoms with E-state index in [2.05, 4.69) is 28.1 Å². The van der Waals surface area contributed by atoms with E-state index in [-0.39, 0.29) is 5.91 Å². The minimum Gasteiger partial charge on any atom is -0.399 e. The molecule has 0 radical (unpaired) electrons. The topological polar surface area (TPSA) is 79.2 Å². The van der Waals surface area contributed by atoms with Crippen molar-refractivity contribution in [2.24, 2.45) is 0 Å². The molecule has 3 aromatic carbocycles. The van der Waals surface area contributed by atoms with Crippen LogP contribution < -0.4 is 21.7 Å². The summed E-state index contributed by atoms with van der Waals surface area (Å²) in [5.74, 6) is -0.122. The van der Waals surface area contributed by atoms with Crippen LogP contribution in [0.1, 0.15) is 23.6 Å². The van der Waals surface area contributed by atoms with Gasteiger partial charge in [0.05, 0.1) is 5.57 Å². The molecule has 1 heterocycles. The minimum atomic E-state index is -0.122. The molecule has 0 bridgehead atoms. The van der Waals surface area contributed by atoms with Crippen molar-refractivity contribution >= 4 is 40.1 Å². The van der Waals surface area contributed by atoms with Crippen LogP contribution in [0.3, 0.4) is 0 Å². The number of carbonyl (C=O) groups is 1. The number of halogens is 1. The molecule has 6 heteroatoms. The molecule has 0 saturated heterocycles. The molecule has 4 rings (SSSR count). The maximum Gasteiger partial charge on any atom is 0.258 e. The molecule has 0 unspecified atom stereocenters. The van der Waals surface area contributed by atoms with Crippen molar-refractivity contribution in [3.63, 3.8) is 0 Å². The predicted octanol–water partition coefficient (Wildman–Crippen LogP) is 5.01. The van der Waals surface area contributed by atoms with Gasteiger partial charge in [-0.05, 0) is 60.5 Å². The van der Waals surface area contributed by atoms with Gasteiger partial charge >= 0.3 is 0 Å². The van der Waals surface area contributed by atoms with E-state index in [4.69, 9.17) is 17.3 Å². The van der Waals surface area contributed by atoms with Crippen LogP contribution in [0, 0.1) is 0 Å². The molecule has 5 N–H and O–H groups in total. The van der Waals surface area contributed by atoms with Crippen molar-refractivity contribution in [1.29, 1.82) is 0 Å². The van der Waals surface area contributed by atoms with Gasteiger partial charge in [0.2, 0.25) is 0 Å². The fourth-order valence-electron chi connectivity index (χ4n) is 3.50. The lowest BCUT2D eigenvalue weighted by atomic mass is 10.0. The first-order chi connectivity index (χ1) is 14.5.